The van der Waals surface area contributed by atoms with Crippen molar-refractivity contribution >= 4 is 5.91 Å². The molecule has 0 N–H and O–H groups in total. The van der Waals surface area contributed by atoms with Crippen LogP contribution in [0.5, 0.6) is 0 Å². The van der Waals surface area contributed by atoms with Crippen molar-refractivity contribution in [1.29, 1.82) is 0 Å². The van der Waals surface area contributed by atoms with Gasteiger partial charge in [-0.3, -0.25) is 14.4 Å². The number of carbonyl (C=O) groups excluding carboxylic acids is 1. The van der Waals surface area contributed by atoms with Gasteiger partial charge in [0.2, 0.25) is 5.91 Å². The number of hydrogen-bond donors (Lipinski definition) is 0. The molecule has 0 unspecified atom stereocenters. The molecular weight excluding hydrogens is 240 g/mol. The Balaban J connectivity index is 2.03. The highest BCUT2D eigenvalue weighted by Crippen LogP contribution is 2.23. The third-order valence-corrected chi connectivity index (χ3v) is 3.90. The monoisotopic (exact) mass is 264 g/mol. The highest BCUT2D eigenvalue weighted by molar-refractivity contribution is 5.73. The fraction of sp³-hybridized carbons (Fsp3) is 0.714. The van der Waals surface area contributed by atoms with E-state index in [4.69, 9.17) is 0 Å². The molecule has 0 aliphatic carbocycles. The molecule has 2 heterocycles. The van der Waals surface area contributed by atoms with Gasteiger partial charge >= 0.3 is 0 Å². The van der Waals surface area contributed by atoms with Gasteiger partial charge in [-0.2, -0.15) is 5.10 Å². The van der Waals surface area contributed by atoms with Crippen molar-refractivity contribution in [2.75, 3.05) is 19.6 Å². The van der Waals surface area contributed by atoms with Crippen LogP contribution in [0, 0.1) is 0 Å². The summed E-state index contributed by atoms with van der Waals surface area (Å²) in [5, 5.41) is 4.32. The Bertz CT molecular complexity index is 452. The second-order valence-electron chi connectivity index (χ2n) is 5.88. The lowest BCUT2D eigenvalue weighted by Crippen LogP contribution is -2.59. The van der Waals surface area contributed by atoms with Crippen LogP contribution in [0.4, 0.5) is 0 Å². The van der Waals surface area contributed by atoms with E-state index in [0.29, 0.717) is 0 Å². The molecule has 0 atom stereocenters. The lowest BCUT2D eigenvalue weighted by molar-refractivity contribution is -0.134. The summed E-state index contributed by atoms with van der Waals surface area (Å²) in [6.07, 6.45) is 4.05. The largest absolute Gasteiger partial charge is 0.340 e. The maximum atomic E-state index is 11.5. The minimum absolute atomic E-state index is 0.0121. The van der Waals surface area contributed by atoms with Crippen molar-refractivity contribution in [1.82, 2.24) is 19.6 Å². The van der Waals surface area contributed by atoms with Crippen LogP contribution in [-0.4, -0.2) is 50.7 Å². The average Bonchev–Trinajstić information content (AvgIpc) is 2.79. The lowest BCUT2D eigenvalue weighted by Gasteiger charge is -2.46. The number of aryl methyl sites for hydroxylation is 1. The van der Waals surface area contributed by atoms with Gasteiger partial charge in [0.05, 0.1) is 6.20 Å². The number of nitrogens with zero attached hydrogens (tertiary/aromatic N) is 4. The van der Waals surface area contributed by atoms with Gasteiger partial charge < -0.3 is 4.90 Å². The minimum atomic E-state index is 0.0121. The van der Waals surface area contributed by atoms with Crippen molar-refractivity contribution in [2.24, 2.45) is 0 Å². The van der Waals surface area contributed by atoms with Crippen LogP contribution in [-0.2, 0) is 17.9 Å². The van der Waals surface area contributed by atoms with E-state index in [1.54, 1.807) is 6.92 Å². The summed E-state index contributed by atoms with van der Waals surface area (Å²) < 4.78 is 1.95. The number of aromatic nitrogens is 2. The van der Waals surface area contributed by atoms with Crippen molar-refractivity contribution < 1.29 is 4.79 Å². The van der Waals surface area contributed by atoms with E-state index in [9.17, 15) is 4.79 Å². The molecule has 1 aliphatic heterocycles. The molecule has 0 saturated carbocycles. The Morgan fingerprint density at radius 2 is 2.16 bits per heavy atom. The number of amides is 1. The Hall–Kier alpha value is -1.36. The second-order valence-corrected chi connectivity index (χ2v) is 5.88. The molecule has 1 aromatic heterocycles. The van der Waals surface area contributed by atoms with E-state index in [1.165, 1.54) is 5.56 Å². The van der Waals surface area contributed by atoms with Gasteiger partial charge in [-0.1, -0.05) is 0 Å². The summed E-state index contributed by atoms with van der Waals surface area (Å²) in [5.74, 6) is 0.173. The van der Waals surface area contributed by atoms with Crippen LogP contribution in [0.15, 0.2) is 12.4 Å². The third kappa shape index (κ3) is 3.15. The molecule has 0 bridgehead atoms. The highest BCUT2D eigenvalue weighted by Gasteiger charge is 2.34. The van der Waals surface area contributed by atoms with Gasteiger partial charge in [-0.15, -0.1) is 0 Å². The second kappa shape index (κ2) is 5.33. The topological polar surface area (TPSA) is 41.4 Å². The van der Waals surface area contributed by atoms with E-state index in [0.717, 1.165) is 32.7 Å². The van der Waals surface area contributed by atoms with Crippen molar-refractivity contribution in [2.45, 2.75) is 46.3 Å². The average molecular weight is 264 g/mol. The zero-order valence-corrected chi connectivity index (χ0v) is 12.4. The first-order valence-corrected chi connectivity index (χ1v) is 6.94. The maximum Gasteiger partial charge on any atom is 0.219 e. The van der Waals surface area contributed by atoms with Crippen LogP contribution in [0.3, 0.4) is 0 Å². The molecule has 1 aliphatic rings. The van der Waals surface area contributed by atoms with Crippen molar-refractivity contribution in [3.8, 4) is 0 Å². The minimum Gasteiger partial charge on any atom is -0.340 e. The van der Waals surface area contributed by atoms with E-state index < -0.39 is 0 Å². The molecule has 0 aromatic carbocycles. The summed E-state index contributed by atoms with van der Waals surface area (Å²) in [4.78, 5) is 15.9. The van der Waals surface area contributed by atoms with Crippen LogP contribution < -0.4 is 0 Å². The van der Waals surface area contributed by atoms with Crippen LogP contribution in [0.1, 0.15) is 33.3 Å². The first kappa shape index (κ1) is 14.1. The van der Waals surface area contributed by atoms with Gasteiger partial charge in [0, 0.05) is 56.9 Å². The molecule has 1 amide bonds. The molecule has 5 heteroatoms. The number of rotatable bonds is 3. The summed E-state index contributed by atoms with van der Waals surface area (Å²) in [7, 11) is 0. The number of piperazine rings is 1. The molecule has 19 heavy (non-hydrogen) atoms. The first-order valence-electron chi connectivity index (χ1n) is 6.94. The fourth-order valence-corrected chi connectivity index (χ4v) is 2.63. The molecule has 1 aromatic rings. The van der Waals surface area contributed by atoms with Crippen LogP contribution in [0.2, 0.25) is 0 Å². The smallest absolute Gasteiger partial charge is 0.219 e. The summed E-state index contributed by atoms with van der Waals surface area (Å²) in [6, 6.07) is 0. The zero-order chi connectivity index (χ0) is 14.0. The summed E-state index contributed by atoms with van der Waals surface area (Å²) >= 11 is 0. The van der Waals surface area contributed by atoms with Gasteiger partial charge in [0.1, 0.15) is 0 Å². The Morgan fingerprint density at radius 3 is 2.68 bits per heavy atom. The van der Waals surface area contributed by atoms with Gasteiger partial charge in [-0.25, -0.2) is 0 Å². The van der Waals surface area contributed by atoms with Gasteiger partial charge in [-0.05, 0) is 20.8 Å². The molecule has 5 nitrogen and oxygen atoms in total. The van der Waals surface area contributed by atoms with Crippen LogP contribution >= 0.6 is 0 Å². The molecular formula is C14H24N4O. The zero-order valence-electron chi connectivity index (χ0n) is 12.4. The predicted molar refractivity (Wildman–Crippen MR) is 74.6 cm³/mol. The fourth-order valence-electron chi connectivity index (χ4n) is 2.63. The Kier molecular flexibility index (Phi) is 3.94. The summed E-state index contributed by atoms with van der Waals surface area (Å²) in [6.45, 7) is 12.5. The standard InChI is InChI=1S/C14H24N4O/c1-5-18-10-13(8-15-18)9-17-7-6-16(12(2)19)11-14(17,3)4/h8,10H,5-7,9,11H2,1-4H3. The van der Waals surface area contributed by atoms with Gasteiger partial charge in [0.15, 0.2) is 0 Å². The molecule has 106 valence electrons. The van der Waals surface area contributed by atoms with Crippen molar-refractivity contribution in [3.05, 3.63) is 18.0 Å². The maximum absolute atomic E-state index is 11.5. The molecule has 2 rings (SSSR count). The van der Waals surface area contributed by atoms with Crippen LogP contribution in [0.25, 0.3) is 0 Å². The normalized spacial score (nSPS) is 19.7. The number of carbonyl (C=O) groups is 1. The Labute approximate surface area is 115 Å². The quantitative estimate of drug-likeness (QED) is 0.827. The van der Waals surface area contributed by atoms with E-state index in [1.807, 2.05) is 15.8 Å². The molecule has 1 fully saturated rings. The highest BCUT2D eigenvalue weighted by atomic mass is 16.2. The van der Waals surface area contributed by atoms with Crippen molar-refractivity contribution in [3.63, 3.8) is 0 Å². The lowest BCUT2D eigenvalue weighted by atomic mass is 9.98. The SMILES string of the molecule is CCn1cc(CN2CCN(C(C)=O)CC2(C)C)cn1. The summed E-state index contributed by atoms with van der Waals surface area (Å²) in [5.41, 5.74) is 1.25. The Morgan fingerprint density at radius 1 is 1.42 bits per heavy atom. The van der Waals surface area contributed by atoms with E-state index in [2.05, 4.69) is 37.0 Å². The van der Waals surface area contributed by atoms with E-state index >= 15 is 0 Å². The molecule has 0 spiro atoms. The van der Waals surface area contributed by atoms with Gasteiger partial charge in [0.25, 0.3) is 0 Å². The van der Waals surface area contributed by atoms with E-state index in [-0.39, 0.29) is 11.4 Å². The number of hydrogen-bond acceptors (Lipinski definition) is 3. The third-order valence-electron chi connectivity index (χ3n) is 3.90. The molecule has 1 saturated heterocycles. The first-order chi connectivity index (χ1) is 8.92. The molecule has 0 radical (unpaired) electrons. The predicted octanol–water partition coefficient (Wildman–Crippen LogP) is 1.35.